The second kappa shape index (κ2) is 3.30. The first-order valence-corrected chi connectivity index (χ1v) is 4.65. The van der Waals surface area contributed by atoms with Crippen molar-refractivity contribution in [1.29, 1.82) is 0 Å². The highest BCUT2D eigenvalue weighted by Gasteiger charge is 2.08. The molecule has 2 heterocycles. The van der Waals surface area contributed by atoms with Gasteiger partial charge in [-0.25, -0.2) is 0 Å². The molecule has 0 saturated heterocycles. The Balaban J connectivity index is 2.34. The van der Waals surface area contributed by atoms with E-state index in [4.69, 9.17) is 4.42 Å². The zero-order chi connectivity index (χ0) is 11.0. The maximum Gasteiger partial charge on any atom is 0.193 e. The van der Waals surface area contributed by atoms with Crippen LogP contribution in [0.5, 0.6) is 0 Å². The molecule has 0 aliphatic rings. The Hall–Kier alpha value is -2.43. The summed E-state index contributed by atoms with van der Waals surface area (Å²) in [6, 6.07) is 8.41. The monoisotopic (exact) mass is 214 g/mol. The fraction of sp³-hybridized carbons (Fsp3) is 0. The quantitative estimate of drug-likeness (QED) is 0.618. The standard InChI is InChI=1S/C11H6N2O3/c14-9-5-11(8-6-15-13-12-8)16-10-4-2-1-3-7(9)10/h1-6H. The smallest absolute Gasteiger partial charge is 0.193 e. The fourth-order valence-corrected chi connectivity index (χ4v) is 1.50. The van der Waals surface area contributed by atoms with Crippen LogP contribution in [0.4, 0.5) is 0 Å². The molecule has 0 aliphatic heterocycles. The van der Waals surface area contributed by atoms with E-state index < -0.39 is 0 Å². The third-order valence-electron chi connectivity index (χ3n) is 2.25. The van der Waals surface area contributed by atoms with Crippen molar-refractivity contribution < 1.29 is 8.94 Å². The van der Waals surface area contributed by atoms with E-state index in [-0.39, 0.29) is 5.43 Å². The highest BCUT2D eigenvalue weighted by atomic mass is 16.5. The fourth-order valence-electron chi connectivity index (χ4n) is 1.50. The molecule has 3 rings (SSSR count). The van der Waals surface area contributed by atoms with Crippen LogP contribution in [0.15, 0.2) is 50.3 Å². The van der Waals surface area contributed by atoms with Crippen LogP contribution < -0.4 is 5.43 Å². The summed E-state index contributed by atoms with van der Waals surface area (Å²) in [6.07, 6.45) is 1.33. The van der Waals surface area contributed by atoms with Gasteiger partial charge in [-0.05, 0) is 12.1 Å². The summed E-state index contributed by atoms with van der Waals surface area (Å²) in [4.78, 5) is 11.8. The predicted molar refractivity (Wildman–Crippen MR) is 55.8 cm³/mol. The Morgan fingerprint density at radius 2 is 2.06 bits per heavy atom. The molecule has 0 aliphatic carbocycles. The third kappa shape index (κ3) is 1.30. The lowest BCUT2D eigenvalue weighted by Crippen LogP contribution is -1.99. The number of rotatable bonds is 1. The molecule has 2 aromatic heterocycles. The van der Waals surface area contributed by atoms with Gasteiger partial charge in [-0.3, -0.25) is 4.79 Å². The van der Waals surface area contributed by atoms with Crippen molar-refractivity contribution in [3.05, 3.63) is 46.8 Å². The van der Waals surface area contributed by atoms with Crippen LogP contribution in [0.25, 0.3) is 22.4 Å². The van der Waals surface area contributed by atoms with E-state index in [2.05, 4.69) is 14.9 Å². The van der Waals surface area contributed by atoms with E-state index in [1.54, 1.807) is 24.3 Å². The molecule has 78 valence electrons. The van der Waals surface area contributed by atoms with E-state index in [1.165, 1.54) is 12.3 Å². The lowest BCUT2D eigenvalue weighted by atomic mass is 10.2. The average molecular weight is 214 g/mol. The number of benzene rings is 1. The lowest BCUT2D eigenvalue weighted by Gasteiger charge is -1.98. The maximum atomic E-state index is 11.8. The van der Waals surface area contributed by atoms with Gasteiger partial charge in [0.1, 0.15) is 5.58 Å². The minimum Gasteiger partial charge on any atom is -0.454 e. The van der Waals surface area contributed by atoms with Gasteiger partial charge in [0.2, 0.25) is 0 Å². The molecule has 0 N–H and O–H groups in total. The van der Waals surface area contributed by atoms with E-state index in [0.717, 1.165) is 0 Å². The van der Waals surface area contributed by atoms with Gasteiger partial charge in [0, 0.05) is 11.3 Å². The molecule has 0 fully saturated rings. The molecule has 0 bridgehead atoms. The van der Waals surface area contributed by atoms with Crippen LogP contribution in [0.1, 0.15) is 0 Å². The Morgan fingerprint density at radius 3 is 2.88 bits per heavy atom. The van der Waals surface area contributed by atoms with Crippen molar-refractivity contribution in [3.8, 4) is 11.5 Å². The zero-order valence-corrected chi connectivity index (χ0v) is 8.08. The molecular formula is C11H6N2O3. The van der Waals surface area contributed by atoms with Gasteiger partial charge < -0.3 is 8.94 Å². The summed E-state index contributed by atoms with van der Waals surface area (Å²) in [5, 5.41) is 7.55. The SMILES string of the molecule is O=c1cc(-c2conn2)oc2ccccc12. The third-order valence-corrected chi connectivity index (χ3v) is 2.25. The van der Waals surface area contributed by atoms with Crippen LogP contribution in [-0.4, -0.2) is 10.4 Å². The van der Waals surface area contributed by atoms with Gasteiger partial charge in [-0.15, -0.1) is 5.10 Å². The molecular weight excluding hydrogens is 208 g/mol. The van der Waals surface area contributed by atoms with E-state index in [9.17, 15) is 4.79 Å². The van der Waals surface area contributed by atoms with Gasteiger partial charge in [0.25, 0.3) is 0 Å². The van der Waals surface area contributed by atoms with E-state index in [1.807, 2.05) is 0 Å². The topological polar surface area (TPSA) is 69.1 Å². The molecule has 5 nitrogen and oxygen atoms in total. The number of fused-ring (bicyclic) bond motifs is 1. The first kappa shape index (κ1) is 8.84. The normalized spacial score (nSPS) is 10.8. The first-order valence-electron chi connectivity index (χ1n) is 4.65. The zero-order valence-electron chi connectivity index (χ0n) is 8.08. The van der Waals surface area contributed by atoms with Gasteiger partial charge in [0.15, 0.2) is 23.1 Å². The Labute approximate surface area is 89.3 Å². The molecule has 0 radical (unpaired) electrons. The van der Waals surface area contributed by atoms with Gasteiger partial charge in [-0.1, -0.05) is 12.1 Å². The number of hydrogen-bond donors (Lipinski definition) is 0. The second-order valence-electron chi connectivity index (χ2n) is 3.26. The molecule has 3 aromatic rings. The van der Waals surface area contributed by atoms with Crippen molar-refractivity contribution in [2.24, 2.45) is 0 Å². The Kier molecular flexibility index (Phi) is 1.83. The Morgan fingerprint density at radius 1 is 1.19 bits per heavy atom. The lowest BCUT2D eigenvalue weighted by molar-refractivity contribution is 0.393. The molecule has 5 heteroatoms. The molecule has 1 aromatic carbocycles. The van der Waals surface area contributed by atoms with Crippen LogP contribution in [0, 0.1) is 0 Å². The minimum atomic E-state index is -0.111. The summed E-state index contributed by atoms with van der Waals surface area (Å²) in [5.41, 5.74) is 0.815. The van der Waals surface area contributed by atoms with Crippen LogP contribution in [-0.2, 0) is 0 Å². The highest BCUT2D eigenvalue weighted by molar-refractivity contribution is 5.77. The van der Waals surface area contributed by atoms with Crippen molar-refractivity contribution >= 4 is 11.0 Å². The number of hydrogen-bond acceptors (Lipinski definition) is 5. The molecule has 0 unspecified atom stereocenters. The minimum absolute atomic E-state index is 0.111. The van der Waals surface area contributed by atoms with Gasteiger partial charge >= 0.3 is 0 Å². The molecule has 0 atom stereocenters. The second-order valence-corrected chi connectivity index (χ2v) is 3.26. The summed E-state index contributed by atoms with van der Waals surface area (Å²) < 4.78 is 10.1. The average Bonchev–Trinajstić information content (AvgIpc) is 2.82. The highest BCUT2D eigenvalue weighted by Crippen LogP contribution is 2.19. The molecule has 0 amide bonds. The first-order chi connectivity index (χ1) is 7.84. The summed E-state index contributed by atoms with van der Waals surface area (Å²) in [6.45, 7) is 0. The van der Waals surface area contributed by atoms with Crippen LogP contribution >= 0.6 is 0 Å². The molecule has 0 saturated carbocycles. The van der Waals surface area contributed by atoms with Crippen molar-refractivity contribution in [3.63, 3.8) is 0 Å². The van der Waals surface area contributed by atoms with Gasteiger partial charge in [-0.2, -0.15) is 0 Å². The Bertz CT molecular complexity index is 686. The molecule has 0 spiro atoms. The van der Waals surface area contributed by atoms with E-state index in [0.29, 0.717) is 22.4 Å². The van der Waals surface area contributed by atoms with Crippen LogP contribution in [0.2, 0.25) is 0 Å². The number of aromatic nitrogens is 2. The predicted octanol–water partition coefficient (Wildman–Crippen LogP) is 1.84. The summed E-state index contributed by atoms with van der Waals surface area (Å²) in [7, 11) is 0. The summed E-state index contributed by atoms with van der Waals surface area (Å²) >= 11 is 0. The largest absolute Gasteiger partial charge is 0.454 e. The van der Waals surface area contributed by atoms with Crippen molar-refractivity contribution in [2.75, 3.05) is 0 Å². The van der Waals surface area contributed by atoms with Crippen LogP contribution in [0.3, 0.4) is 0 Å². The number of nitrogens with zero attached hydrogens (tertiary/aromatic N) is 2. The van der Waals surface area contributed by atoms with Crippen molar-refractivity contribution in [1.82, 2.24) is 10.4 Å². The molecule has 16 heavy (non-hydrogen) atoms. The van der Waals surface area contributed by atoms with E-state index >= 15 is 0 Å². The maximum absolute atomic E-state index is 11.8. The number of para-hydroxylation sites is 1. The van der Waals surface area contributed by atoms with Gasteiger partial charge in [0.05, 0.1) is 5.39 Å². The van der Waals surface area contributed by atoms with Crippen molar-refractivity contribution in [2.45, 2.75) is 0 Å². The summed E-state index contributed by atoms with van der Waals surface area (Å²) in [5.74, 6) is 0.352.